The van der Waals surface area contributed by atoms with Crippen LogP contribution in [0.15, 0.2) is 59.5 Å². The highest BCUT2D eigenvalue weighted by Crippen LogP contribution is 2.45. The molecule has 2 bridgehead atoms. The molecule has 2 saturated heterocycles. The average Bonchev–Trinajstić information content (AvgIpc) is 2.64. The molecule has 4 rings (SSSR count). The van der Waals surface area contributed by atoms with Crippen LogP contribution < -0.4 is 5.32 Å². The SMILES string of the molecule is C/C=C/c1ccc(C2[C@H]3CNC[C@@H]2N3S(=O)(=O)c2cccc(F)c2)cc1. The summed E-state index contributed by atoms with van der Waals surface area (Å²) in [7, 11) is -3.70. The Morgan fingerprint density at radius 2 is 1.81 bits per heavy atom. The van der Waals surface area contributed by atoms with Gasteiger partial charge in [-0.2, -0.15) is 4.31 Å². The van der Waals surface area contributed by atoms with E-state index in [0.717, 1.165) is 17.2 Å². The monoisotopic (exact) mass is 372 g/mol. The van der Waals surface area contributed by atoms with E-state index in [4.69, 9.17) is 0 Å². The van der Waals surface area contributed by atoms with E-state index >= 15 is 0 Å². The second-order valence-corrected chi connectivity index (χ2v) is 8.62. The second kappa shape index (κ2) is 6.61. The summed E-state index contributed by atoms with van der Waals surface area (Å²) in [5.74, 6) is -0.370. The third kappa shape index (κ3) is 2.78. The van der Waals surface area contributed by atoms with E-state index in [1.807, 2.05) is 19.1 Å². The summed E-state index contributed by atoms with van der Waals surface area (Å²) in [5, 5.41) is 3.29. The Hall–Kier alpha value is -2.02. The zero-order valence-corrected chi connectivity index (χ0v) is 15.3. The van der Waals surface area contributed by atoms with E-state index in [2.05, 4.69) is 29.6 Å². The molecular weight excluding hydrogens is 351 g/mol. The standard InChI is InChI=1S/C20H21FN2O2S/c1-2-4-14-7-9-15(10-8-14)20-18-12-22-13-19(20)23(18)26(24,25)17-6-3-5-16(21)11-17/h2-11,18-20,22H,12-13H2,1H3/b4-2+/t18-,19+,20?. The number of piperidine rings is 1. The minimum atomic E-state index is -3.70. The predicted octanol–water partition coefficient (Wildman–Crippen LogP) is 2.99. The van der Waals surface area contributed by atoms with Gasteiger partial charge in [0, 0.05) is 31.1 Å². The van der Waals surface area contributed by atoms with Gasteiger partial charge in [-0.05, 0) is 36.2 Å². The first kappa shape index (κ1) is 17.4. The summed E-state index contributed by atoms with van der Waals surface area (Å²) >= 11 is 0. The van der Waals surface area contributed by atoms with E-state index in [0.29, 0.717) is 13.1 Å². The molecule has 0 aliphatic carbocycles. The van der Waals surface area contributed by atoms with E-state index in [1.54, 1.807) is 4.31 Å². The van der Waals surface area contributed by atoms with Crippen LogP contribution in [0.3, 0.4) is 0 Å². The number of nitrogens with zero attached hydrogens (tertiary/aromatic N) is 1. The highest BCUT2D eigenvalue weighted by Gasteiger charge is 2.56. The van der Waals surface area contributed by atoms with E-state index in [-0.39, 0.29) is 22.9 Å². The number of halogens is 1. The predicted molar refractivity (Wildman–Crippen MR) is 99.8 cm³/mol. The smallest absolute Gasteiger partial charge is 0.243 e. The van der Waals surface area contributed by atoms with Crippen molar-refractivity contribution in [2.75, 3.05) is 13.1 Å². The maximum atomic E-state index is 13.5. The Morgan fingerprint density at radius 1 is 1.12 bits per heavy atom. The molecule has 2 aliphatic rings. The maximum absolute atomic E-state index is 13.5. The van der Waals surface area contributed by atoms with Crippen LogP contribution in [0.5, 0.6) is 0 Å². The minimum Gasteiger partial charge on any atom is -0.313 e. The molecule has 1 N–H and O–H groups in total. The quantitative estimate of drug-likeness (QED) is 0.898. The molecule has 136 valence electrons. The fourth-order valence-electron chi connectivity index (χ4n) is 4.10. The van der Waals surface area contributed by atoms with Gasteiger partial charge in [0.1, 0.15) is 5.82 Å². The van der Waals surface area contributed by atoms with Crippen LogP contribution in [0, 0.1) is 5.82 Å². The lowest BCUT2D eigenvalue weighted by molar-refractivity contribution is 0.0370. The molecule has 2 aromatic rings. The molecular formula is C20H21FN2O2S. The molecule has 2 fully saturated rings. The zero-order valence-electron chi connectivity index (χ0n) is 14.5. The van der Waals surface area contributed by atoms with Gasteiger partial charge in [0.25, 0.3) is 0 Å². The van der Waals surface area contributed by atoms with Gasteiger partial charge in [-0.25, -0.2) is 12.8 Å². The third-order valence-corrected chi connectivity index (χ3v) is 7.19. The fraction of sp³-hybridized carbons (Fsp3) is 0.300. The van der Waals surface area contributed by atoms with Gasteiger partial charge in [0.2, 0.25) is 10.0 Å². The van der Waals surface area contributed by atoms with Crippen molar-refractivity contribution >= 4 is 16.1 Å². The first-order chi connectivity index (χ1) is 12.5. The molecule has 2 aliphatic heterocycles. The number of allylic oxidation sites excluding steroid dienone is 1. The molecule has 3 atom stereocenters. The van der Waals surface area contributed by atoms with Gasteiger partial charge in [-0.1, -0.05) is 42.5 Å². The molecule has 26 heavy (non-hydrogen) atoms. The summed E-state index contributed by atoms with van der Waals surface area (Å²) in [6, 6.07) is 13.2. The van der Waals surface area contributed by atoms with Gasteiger partial charge in [-0.15, -0.1) is 0 Å². The molecule has 0 aromatic heterocycles. The van der Waals surface area contributed by atoms with E-state index < -0.39 is 15.8 Å². The normalized spacial score (nSPS) is 26.0. The highest BCUT2D eigenvalue weighted by molar-refractivity contribution is 7.89. The average molecular weight is 372 g/mol. The molecule has 1 unspecified atom stereocenters. The number of nitrogens with one attached hydrogen (secondary N) is 1. The zero-order chi connectivity index (χ0) is 18.3. The van der Waals surface area contributed by atoms with Crippen molar-refractivity contribution in [3.8, 4) is 0 Å². The van der Waals surface area contributed by atoms with Crippen LogP contribution in [0.25, 0.3) is 6.08 Å². The lowest BCUT2D eigenvalue weighted by Crippen LogP contribution is -2.73. The number of sulfonamides is 1. The first-order valence-electron chi connectivity index (χ1n) is 8.75. The van der Waals surface area contributed by atoms with Crippen molar-refractivity contribution in [2.45, 2.75) is 29.8 Å². The Morgan fingerprint density at radius 3 is 2.42 bits per heavy atom. The number of rotatable bonds is 4. The van der Waals surface area contributed by atoms with Crippen LogP contribution in [0.2, 0.25) is 0 Å². The topological polar surface area (TPSA) is 49.4 Å². The molecule has 0 saturated carbocycles. The van der Waals surface area contributed by atoms with Crippen LogP contribution >= 0.6 is 0 Å². The van der Waals surface area contributed by atoms with E-state index in [1.165, 1.54) is 18.2 Å². The molecule has 2 aromatic carbocycles. The van der Waals surface area contributed by atoms with Crippen molar-refractivity contribution in [1.29, 1.82) is 0 Å². The van der Waals surface area contributed by atoms with Crippen molar-refractivity contribution in [2.24, 2.45) is 0 Å². The Labute approximate surface area is 153 Å². The number of hydrogen-bond acceptors (Lipinski definition) is 3. The number of benzene rings is 2. The molecule has 0 amide bonds. The highest BCUT2D eigenvalue weighted by atomic mass is 32.2. The fourth-order valence-corrected chi connectivity index (χ4v) is 5.98. The summed E-state index contributed by atoms with van der Waals surface area (Å²) in [5.41, 5.74) is 2.28. The largest absolute Gasteiger partial charge is 0.313 e. The van der Waals surface area contributed by atoms with Crippen molar-refractivity contribution in [3.63, 3.8) is 0 Å². The van der Waals surface area contributed by atoms with Gasteiger partial charge in [-0.3, -0.25) is 0 Å². The molecule has 6 heteroatoms. The lowest BCUT2D eigenvalue weighted by Gasteiger charge is -2.57. The van der Waals surface area contributed by atoms with E-state index in [9.17, 15) is 12.8 Å². The molecule has 0 radical (unpaired) electrons. The Bertz CT molecular complexity index is 929. The maximum Gasteiger partial charge on any atom is 0.243 e. The van der Waals surface area contributed by atoms with Crippen molar-refractivity contribution in [3.05, 3.63) is 71.6 Å². The van der Waals surface area contributed by atoms with Crippen LogP contribution in [-0.2, 0) is 10.0 Å². The number of hydrogen-bond donors (Lipinski definition) is 1. The summed E-state index contributed by atoms with van der Waals surface area (Å²) in [6.07, 6.45) is 4.03. The van der Waals surface area contributed by atoms with Gasteiger partial charge < -0.3 is 5.32 Å². The Kier molecular flexibility index (Phi) is 4.42. The molecule has 0 spiro atoms. The summed E-state index contributed by atoms with van der Waals surface area (Å²) in [6.45, 7) is 3.18. The van der Waals surface area contributed by atoms with Gasteiger partial charge >= 0.3 is 0 Å². The number of fused-ring (bicyclic) bond motifs is 2. The number of piperazine rings is 1. The molecule has 2 heterocycles. The first-order valence-corrected chi connectivity index (χ1v) is 10.2. The molecule has 4 nitrogen and oxygen atoms in total. The lowest BCUT2D eigenvalue weighted by atomic mass is 9.75. The summed E-state index contributed by atoms with van der Waals surface area (Å²) < 4.78 is 41.1. The van der Waals surface area contributed by atoms with Crippen LogP contribution in [-0.4, -0.2) is 37.9 Å². The van der Waals surface area contributed by atoms with Crippen LogP contribution in [0.1, 0.15) is 24.0 Å². The van der Waals surface area contributed by atoms with Gasteiger partial charge in [0.05, 0.1) is 4.90 Å². The van der Waals surface area contributed by atoms with Crippen molar-refractivity contribution < 1.29 is 12.8 Å². The summed E-state index contributed by atoms with van der Waals surface area (Å²) in [4.78, 5) is 0.0243. The van der Waals surface area contributed by atoms with Gasteiger partial charge in [0.15, 0.2) is 0 Å². The third-order valence-electron chi connectivity index (χ3n) is 5.24. The minimum absolute atomic E-state index is 0.0243. The van der Waals surface area contributed by atoms with Crippen molar-refractivity contribution in [1.82, 2.24) is 9.62 Å². The Balaban J connectivity index is 1.63. The second-order valence-electron chi connectivity index (χ2n) is 6.78. The van der Waals surface area contributed by atoms with Crippen LogP contribution in [0.4, 0.5) is 4.39 Å².